The first-order chi connectivity index (χ1) is 11.9. The van der Waals surface area contributed by atoms with Gasteiger partial charge in [0.05, 0.1) is 15.6 Å². The van der Waals surface area contributed by atoms with Crippen LogP contribution in [-0.2, 0) is 10.0 Å². The largest absolute Gasteiger partial charge is 0.339 e. The number of amides is 1. The molecule has 2 fully saturated rings. The molecule has 2 aliphatic heterocycles. The second-order valence-electron chi connectivity index (χ2n) is 6.58. The Bertz CT molecular complexity index is 755. The zero-order chi connectivity index (χ0) is 18.0. The lowest BCUT2D eigenvalue weighted by molar-refractivity contribution is 0.0724. The van der Waals surface area contributed by atoms with Gasteiger partial charge in [-0.15, -0.1) is 0 Å². The van der Waals surface area contributed by atoms with Crippen molar-refractivity contribution in [1.29, 1.82) is 0 Å². The van der Waals surface area contributed by atoms with Crippen molar-refractivity contribution in [1.82, 2.24) is 9.21 Å². The van der Waals surface area contributed by atoms with Gasteiger partial charge in [-0.1, -0.05) is 29.6 Å². The van der Waals surface area contributed by atoms with Crippen LogP contribution in [0.25, 0.3) is 0 Å². The van der Waals surface area contributed by atoms with E-state index in [1.807, 2.05) is 0 Å². The van der Waals surface area contributed by atoms with Crippen molar-refractivity contribution < 1.29 is 13.2 Å². The summed E-state index contributed by atoms with van der Waals surface area (Å²) in [5, 5.41) is 0.254. The fourth-order valence-electron chi connectivity index (χ4n) is 3.40. The van der Waals surface area contributed by atoms with Crippen LogP contribution in [0.4, 0.5) is 0 Å². The Balaban J connectivity index is 1.96. The third-order valence-corrected chi connectivity index (χ3v) is 7.50. The third kappa shape index (κ3) is 3.97. The predicted octanol–water partition coefficient (Wildman–Crippen LogP) is 3.79. The molecular formula is C17H22Cl2N2O3S. The molecule has 0 aliphatic carbocycles. The minimum absolute atomic E-state index is 0.0270. The number of benzene rings is 1. The molecule has 3 rings (SSSR count). The average Bonchev–Trinajstić information content (AvgIpc) is 2.62. The van der Waals surface area contributed by atoms with E-state index in [1.165, 1.54) is 16.4 Å². The zero-order valence-corrected chi connectivity index (χ0v) is 16.3. The Morgan fingerprint density at radius 2 is 1.40 bits per heavy atom. The van der Waals surface area contributed by atoms with E-state index in [-0.39, 0.29) is 26.4 Å². The van der Waals surface area contributed by atoms with Gasteiger partial charge in [0, 0.05) is 26.2 Å². The van der Waals surface area contributed by atoms with Crippen LogP contribution < -0.4 is 0 Å². The Hall–Kier alpha value is -0.820. The van der Waals surface area contributed by atoms with Gasteiger partial charge >= 0.3 is 0 Å². The summed E-state index contributed by atoms with van der Waals surface area (Å²) in [5.74, 6) is -0.225. The first-order valence-corrected chi connectivity index (χ1v) is 10.9. The van der Waals surface area contributed by atoms with Crippen LogP contribution in [0.3, 0.4) is 0 Å². The highest BCUT2D eigenvalue weighted by Crippen LogP contribution is 2.32. The van der Waals surface area contributed by atoms with Crippen LogP contribution in [0, 0.1) is 0 Å². The van der Waals surface area contributed by atoms with E-state index in [0.29, 0.717) is 26.2 Å². The molecule has 0 unspecified atom stereocenters. The Morgan fingerprint density at radius 1 is 0.840 bits per heavy atom. The summed E-state index contributed by atoms with van der Waals surface area (Å²) in [4.78, 5) is 14.5. The second-order valence-corrected chi connectivity index (χ2v) is 9.30. The quantitative estimate of drug-likeness (QED) is 0.769. The van der Waals surface area contributed by atoms with Gasteiger partial charge in [-0.2, -0.15) is 4.31 Å². The Morgan fingerprint density at radius 3 is 2.00 bits per heavy atom. The van der Waals surface area contributed by atoms with E-state index in [4.69, 9.17) is 23.2 Å². The molecule has 138 valence electrons. The number of likely N-dealkylation sites (tertiary alicyclic amines) is 1. The number of hydrogen-bond acceptors (Lipinski definition) is 3. The average molecular weight is 405 g/mol. The van der Waals surface area contributed by atoms with Crippen molar-refractivity contribution in [3.8, 4) is 0 Å². The van der Waals surface area contributed by atoms with Crippen molar-refractivity contribution >= 4 is 39.1 Å². The molecule has 2 heterocycles. The normalized spacial score (nSPS) is 19.8. The molecule has 1 amide bonds. The topological polar surface area (TPSA) is 57.7 Å². The lowest BCUT2D eigenvalue weighted by Crippen LogP contribution is -2.37. The molecule has 0 atom stereocenters. The number of hydrogen-bond donors (Lipinski definition) is 0. The Labute approximate surface area is 158 Å². The van der Waals surface area contributed by atoms with Crippen LogP contribution in [0.1, 0.15) is 48.9 Å². The van der Waals surface area contributed by atoms with Crippen LogP contribution in [0.2, 0.25) is 10.0 Å². The molecule has 5 nitrogen and oxygen atoms in total. The molecule has 25 heavy (non-hydrogen) atoms. The maximum Gasteiger partial charge on any atom is 0.255 e. The van der Waals surface area contributed by atoms with E-state index in [9.17, 15) is 13.2 Å². The number of nitrogens with zero attached hydrogens (tertiary/aromatic N) is 2. The summed E-state index contributed by atoms with van der Waals surface area (Å²) in [7, 11) is -3.72. The molecule has 2 aliphatic rings. The summed E-state index contributed by atoms with van der Waals surface area (Å²) in [6.45, 7) is 2.31. The molecule has 0 radical (unpaired) electrons. The van der Waals surface area contributed by atoms with Crippen molar-refractivity contribution in [2.75, 3.05) is 26.2 Å². The molecule has 0 spiro atoms. The van der Waals surface area contributed by atoms with Crippen molar-refractivity contribution in [2.24, 2.45) is 0 Å². The van der Waals surface area contributed by atoms with Crippen molar-refractivity contribution in [3.05, 3.63) is 27.7 Å². The summed E-state index contributed by atoms with van der Waals surface area (Å²) in [6, 6.07) is 2.72. The maximum atomic E-state index is 12.9. The maximum absolute atomic E-state index is 12.9. The molecule has 2 saturated heterocycles. The number of carbonyl (C=O) groups is 1. The first kappa shape index (κ1) is 19.0. The van der Waals surface area contributed by atoms with Gasteiger partial charge in [0.15, 0.2) is 0 Å². The highest BCUT2D eigenvalue weighted by Gasteiger charge is 2.30. The third-order valence-electron chi connectivity index (χ3n) is 4.83. The van der Waals surface area contributed by atoms with Gasteiger partial charge in [-0.25, -0.2) is 8.42 Å². The Kier molecular flexibility index (Phi) is 5.93. The van der Waals surface area contributed by atoms with E-state index >= 15 is 0 Å². The number of rotatable bonds is 3. The molecule has 0 bridgehead atoms. The van der Waals surface area contributed by atoms with Crippen LogP contribution in [0.5, 0.6) is 0 Å². The van der Waals surface area contributed by atoms with Gasteiger partial charge in [0.1, 0.15) is 4.90 Å². The number of piperidine rings is 2. The van der Waals surface area contributed by atoms with Gasteiger partial charge in [-0.3, -0.25) is 4.79 Å². The van der Waals surface area contributed by atoms with Crippen LogP contribution in [-0.4, -0.2) is 49.7 Å². The number of halogens is 2. The smallest absolute Gasteiger partial charge is 0.255 e. The highest BCUT2D eigenvalue weighted by atomic mass is 35.5. The highest BCUT2D eigenvalue weighted by molar-refractivity contribution is 7.89. The van der Waals surface area contributed by atoms with Gasteiger partial charge in [0.2, 0.25) is 10.0 Å². The van der Waals surface area contributed by atoms with Crippen molar-refractivity contribution in [2.45, 2.75) is 43.4 Å². The molecule has 1 aromatic carbocycles. The van der Waals surface area contributed by atoms with Crippen LogP contribution in [0.15, 0.2) is 17.0 Å². The second kappa shape index (κ2) is 7.82. The van der Waals surface area contributed by atoms with Gasteiger partial charge in [0.25, 0.3) is 5.91 Å². The summed E-state index contributed by atoms with van der Waals surface area (Å²) < 4.78 is 27.3. The molecule has 0 aromatic heterocycles. The minimum atomic E-state index is -3.72. The first-order valence-electron chi connectivity index (χ1n) is 8.70. The fourth-order valence-corrected chi connectivity index (χ4v) is 5.75. The summed E-state index contributed by atoms with van der Waals surface area (Å²) in [5.41, 5.74) is 0.212. The SMILES string of the molecule is O=C(c1cc(S(=O)(=O)N2CCCCC2)c(Cl)cc1Cl)N1CCCCC1. The lowest BCUT2D eigenvalue weighted by atomic mass is 10.1. The van der Waals surface area contributed by atoms with Crippen molar-refractivity contribution in [3.63, 3.8) is 0 Å². The van der Waals surface area contributed by atoms with E-state index in [2.05, 4.69) is 0 Å². The molecule has 0 saturated carbocycles. The predicted molar refractivity (Wildman–Crippen MR) is 98.8 cm³/mol. The minimum Gasteiger partial charge on any atom is -0.339 e. The molecule has 0 N–H and O–H groups in total. The molecule has 1 aromatic rings. The zero-order valence-electron chi connectivity index (χ0n) is 14.0. The number of carbonyl (C=O) groups excluding carboxylic acids is 1. The molecular weight excluding hydrogens is 383 g/mol. The van der Waals surface area contributed by atoms with Gasteiger partial charge in [-0.05, 0) is 44.2 Å². The number of sulfonamides is 1. The standard InChI is InChI=1S/C17H22Cl2N2O3S/c18-14-12-15(19)16(25(23,24)21-9-5-2-6-10-21)11-13(14)17(22)20-7-3-1-4-8-20/h11-12H,1-10H2. The summed E-state index contributed by atoms with van der Waals surface area (Å²) >= 11 is 12.4. The fraction of sp³-hybridized carbons (Fsp3) is 0.588. The van der Waals surface area contributed by atoms with Crippen LogP contribution >= 0.6 is 23.2 Å². The van der Waals surface area contributed by atoms with E-state index in [1.54, 1.807) is 4.90 Å². The lowest BCUT2D eigenvalue weighted by Gasteiger charge is -2.28. The van der Waals surface area contributed by atoms with E-state index in [0.717, 1.165) is 38.5 Å². The van der Waals surface area contributed by atoms with E-state index < -0.39 is 10.0 Å². The molecule has 8 heteroatoms. The summed E-state index contributed by atoms with van der Waals surface area (Å²) in [6.07, 6.45) is 5.71. The van der Waals surface area contributed by atoms with Gasteiger partial charge < -0.3 is 4.90 Å². The monoisotopic (exact) mass is 404 g/mol.